The average Bonchev–Trinajstić information content (AvgIpc) is 1.41. The Hall–Kier alpha value is -12.9. The molecule has 0 fully saturated rings. The van der Waals surface area contributed by atoms with E-state index in [1.807, 2.05) is 48.4 Å². The van der Waals surface area contributed by atoms with Gasteiger partial charge >= 0.3 is 0 Å². The van der Waals surface area contributed by atoms with Crippen molar-refractivity contribution in [3.8, 4) is 57.8 Å². The van der Waals surface area contributed by atoms with Crippen molar-refractivity contribution in [1.29, 1.82) is 10.5 Å². The Morgan fingerprint density at radius 1 is 0.312 bits per heavy atom. The van der Waals surface area contributed by atoms with E-state index in [1.54, 1.807) is 0 Å². The molecule has 21 rings (SSSR count). The summed E-state index contributed by atoms with van der Waals surface area (Å²) in [5, 5.41) is 29.1. The van der Waals surface area contributed by atoms with Crippen LogP contribution >= 0.6 is 11.8 Å². The lowest BCUT2D eigenvalue weighted by Crippen LogP contribution is -2.32. The predicted octanol–water partition coefficient (Wildman–Crippen LogP) is 21.0. The van der Waals surface area contributed by atoms with Gasteiger partial charge in [0.15, 0.2) is 0 Å². The first-order valence-corrected chi connectivity index (χ1v) is 32.9. The smallest absolute Gasteiger partial charge is 0.134 e. The molecule has 6 aromatic heterocycles. The molecule has 0 bridgehead atoms. The lowest BCUT2D eigenvalue weighted by Gasteiger charge is -2.39. The Labute approximate surface area is 552 Å². The van der Waals surface area contributed by atoms with Gasteiger partial charge in [0.05, 0.1) is 119 Å². The molecule has 0 saturated heterocycles. The van der Waals surface area contributed by atoms with Crippen LogP contribution in [0.15, 0.2) is 295 Å². The Morgan fingerprint density at radius 2 is 0.667 bits per heavy atom. The van der Waals surface area contributed by atoms with Crippen LogP contribution in [-0.2, 0) is 5.41 Å². The van der Waals surface area contributed by atoms with Crippen LogP contribution < -0.4 is 9.64 Å². The van der Waals surface area contributed by atoms with Crippen molar-refractivity contribution in [3.63, 3.8) is 0 Å². The summed E-state index contributed by atoms with van der Waals surface area (Å²) < 4.78 is 17.0. The summed E-state index contributed by atoms with van der Waals surface area (Å²) in [6.45, 7) is 0. The molecular weight excluding hydrogens is 1200 g/mol. The summed E-state index contributed by atoms with van der Waals surface area (Å²) >= 11 is 1.81. The minimum atomic E-state index is -1.10. The largest absolute Gasteiger partial charge is 0.457 e. The van der Waals surface area contributed by atoms with Gasteiger partial charge in [0, 0.05) is 104 Å². The molecule has 1 spiro atoms. The zero-order valence-electron chi connectivity index (χ0n) is 51.0. The zero-order valence-corrected chi connectivity index (χ0v) is 51.8. The van der Waals surface area contributed by atoms with Gasteiger partial charge in [-0.2, -0.15) is 10.5 Å². The molecule has 3 aliphatic rings. The molecule has 10 nitrogen and oxygen atoms in total. The van der Waals surface area contributed by atoms with E-state index in [0.29, 0.717) is 22.6 Å². The van der Waals surface area contributed by atoms with Gasteiger partial charge in [-0.3, -0.25) is 9.97 Å². The van der Waals surface area contributed by atoms with Gasteiger partial charge in [-0.05, 0) is 133 Å². The summed E-state index contributed by atoms with van der Waals surface area (Å²) in [5.74, 6) is 1.36. The standard InChI is InChI=1S/C85H47N9OS/c86-46-50-29-36-74-62(39-50)59-17-3-8-22-71(59)90(74)53-31-34-65-79(44-53)95-80-45-54(91-72-23-9-5-19-61(72)64-41-52(33-38-76(64)91)92-77-25-11-13-27-81(77)96-82-28-14-12-26-78(82)92)32-35-66(80)85(65)67-42-55(93-69-20-6-1-15-57(69)58-16-2-7-21-70(58)93)48-88-83(67)84-68(85)43-56(49-89-84)94-73-24-10-4-18-60(73)63-40-51(47-87)30-37-75(63)94/h1-45,48-49H. The maximum atomic E-state index is 10.2. The minimum Gasteiger partial charge on any atom is -0.457 e. The average molecular weight is 1240 g/mol. The summed E-state index contributed by atoms with van der Waals surface area (Å²) in [7, 11) is 0. The van der Waals surface area contributed by atoms with Gasteiger partial charge in [-0.25, -0.2) is 0 Å². The van der Waals surface area contributed by atoms with Crippen LogP contribution in [0, 0.1) is 22.7 Å². The number of fused-ring (bicyclic) bond motifs is 23. The highest BCUT2D eigenvalue weighted by Crippen LogP contribution is 2.63. The van der Waals surface area contributed by atoms with Crippen LogP contribution in [0.4, 0.5) is 17.1 Å². The van der Waals surface area contributed by atoms with Crippen LogP contribution in [0.3, 0.4) is 0 Å². The molecule has 0 N–H and O–H groups in total. The van der Waals surface area contributed by atoms with Crippen LogP contribution in [0.2, 0.25) is 0 Å². The van der Waals surface area contributed by atoms with Crippen LogP contribution in [0.5, 0.6) is 11.5 Å². The fraction of sp³-hybridized carbons (Fsp3) is 0.0118. The topological polar surface area (TPSA) is 106 Å². The summed E-state index contributed by atoms with van der Waals surface area (Å²) in [6, 6.07) is 102. The molecule has 0 amide bonds. The van der Waals surface area contributed by atoms with Crippen LogP contribution in [0.1, 0.15) is 33.4 Å². The number of hydrogen-bond donors (Lipinski definition) is 0. The second kappa shape index (κ2) is 19.6. The van der Waals surface area contributed by atoms with Crippen molar-refractivity contribution in [3.05, 3.63) is 319 Å². The van der Waals surface area contributed by atoms with E-state index >= 15 is 0 Å². The summed E-state index contributed by atoms with van der Waals surface area (Å²) in [5.41, 5.74) is 20.7. The van der Waals surface area contributed by atoms with E-state index in [1.165, 1.54) is 9.79 Å². The van der Waals surface area contributed by atoms with Crippen molar-refractivity contribution in [2.24, 2.45) is 0 Å². The van der Waals surface area contributed by atoms with Gasteiger partial charge in [-0.15, -0.1) is 0 Å². The fourth-order valence-corrected chi connectivity index (χ4v) is 17.4. The zero-order chi connectivity index (χ0) is 63.1. The van der Waals surface area contributed by atoms with Crippen LogP contribution in [-0.4, -0.2) is 28.2 Å². The van der Waals surface area contributed by atoms with E-state index < -0.39 is 5.41 Å². The Bertz CT molecular complexity index is 6510. The van der Waals surface area contributed by atoms with E-state index in [-0.39, 0.29) is 0 Å². The molecule has 8 heterocycles. The molecule has 1 unspecified atom stereocenters. The SMILES string of the molecule is N#Cc1ccc2c(c1)c1ccccc1n2-c1ccc2c(c1)Oc1cc(-n3c4ccccc4c4cc(N5c6ccccc6Sc6ccccc65)ccc43)ccc1C21c2cc(-n3c4ccccc4c4ccccc43)cnc2-c2ncc(-n3c4ccccc4c4cc(C#N)ccc43)cc21. The molecule has 2 aliphatic heterocycles. The third-order valence-electron chi connectivity index (χ3n) is 20.3. The van der Waals surface area contributed by atoms with E-state index in [9.17, 15) is 10.5 Å². The fourth-order valence-electron chi connectivity index (χ4n) is 16.4. The normalized spacial score (nSPS) is 14.3. The number of nitriles is 2. The highest BCUT2D eigenvalue weighted by Gasteiger charge is 2.53. The molecule has 1 aliphatic carbocycles. The first kappa shape index (κ1) is 52.7. The molecule has 1 atom stereocenters. The van der Waals surface area contributed by atoms with Crippen molar-refractivity contribution >= 4 is 116 Å². The van der Waals surface area contributed by atoms with Crippen molar-refractivity contribution < 1.29 is 4.74 Å². The monoisotopic (exact) mass is 1240 g/mol. The Morgan fingerprint density at radius 3 is 1.10 bits per heavy atom. The lowest BCUT2D eigenvalue weighted by molar-refractivity contribution is 0.436. The number of para-hydroxylation sites is 7. The first-order chi connectivity index (χ1) is 47.5. The number of anilines is 3. The minimum absolute atomic E-state index is 0.596. The Balaban J connectivity index is 0.848. The third-order valence-corrected chi connectivity index (χ3v) is 21.4. The number of pyridine rings is 2. The van der Waals surface area contributed by atoms with Gasteiger partial charge < -0.3 is 27.9 Å². The maximum Gasteiger partial charge on any atom is 0.134 e. The van der Waals surface area contributed by atoms with Gasteiger partial charge in [0.1, 0.15) is 11.5 Å². The third kappa shape index (κ3) is 7.07. The van der Waals surface area contributed by atoms with E-state index in [2.05, 4.69) is 284 Å². The molecule has 0 radical (unpaired) electrons. The summed E-state index contributed by atoms with van der Waals surface area (Å²) in [4.78, 5) is 16.0. The van der Waals surface area contributed by atoms with E-state index in [4.69, 9.17) is 14.7 Å². The number of ether oxygens (including phenoxy) is 1. The molecule has 12 aromatic carbocycles. The predicted molar refractivity (Wildman–Crippen MR) is 385 cm³/mol. The second-order valence-electron chi connectivity index (χ2n) is 25.1. The van der Waals surface area contributed by atoms with Gasteiger partial charge in [0.25, 0.3) is 0 Å². The second-order valence-corrected chi connectivity index (χ2v) is 26.2. The van der Waals surface area contributed by atoms with E-state index in [0.717, 1.165) is 161 Å². The highest BCUT2D eigenvalue weighted by atomic mass is 32.2. The molecule has 18 aromatic rings. The molecule has 11 heteroatoms. The maximum absolute atomic E-state index is 10.2. The van der Waals surface area contributed by atoms with Crippen molar-refractivity contribution in [1.82, 2.24) is 28.2 Å². The van der Waals surface area contributed by atoms with Crippen molar-refractivity contribution in [2.75, 3.05) is 4.90 Å². The summed E-state index contributed by atoms with van der Waals surface area (Å²) in [6.07, 6.45) is 4.00. The quantitative estimate of drug-likeness (QED) is 0.169. The van der Waals surface area contributed by atoms with Crippen LogP contribution in [0.25, 0.3) is 121 Å². The molecule has 0 saturated carbocycles. The number of hydrogen-bond acceptors (Lipinski definition) is 7. The number of rotatable bonds is 5. The number of benzene rings is 12. The lowest BCUT2D eigenvalue weighted by atomic mass is 9.66. The molecule has 96 heavy (non-hydrogen) atoms. The van der Waals surface area contributed by atoms with Gasteiger partial charge in [-0.1, -0.05) is 139 Å². The number of nitrogens with zero attached hydrogens (tertiary/aromatic N) is 9. The Kier molecular flexibility index (Phi) is 10.7. The number of aromatic nitrogens is 6. The molecular formula is C85H47N9OS. The highest BCUT2D eigenvalue weighted by molar-refractivity contribution is 7.99. The first-order valence-electron chi connectivity index (χ1n) is 32.0. The molecule has 444 valence electrons. The van der Waals surface area contributed by atoms with Crippen molar-refractivity contribution in [2.45, 2.75) is 15.2 Å². The van der Waals surface area contributed by atoms with Gasteiger partial charge in [0.2, 0.25) is 0 Å².